The lowest BCUT2D eigenvalue weighted by atomic mass is 10.0. The van der Waals surface area contributed by atoms with Gasteiger partial charge in [-0.1, -0.05) is 18.2 Å². The van der Waals surface area contributed by atoms with Gasteiger partial charge in [0, 0.05) is 43.5 Å². The van der Waals surface area contributed by atoms with Gasteiger partial charge in [-0.3, -0.25) is 4.79 Å². The fourth-order valence-corrected chi connectivity index (χ4v) is 3.67. The smallest absolute Gasteiger partial charge is 0.254 e. The van der Waals surface area contributed by atoms with Crippen LogP contribution in [0, 0.1) is 0 Å². The van der Waals surface area contributed by atoms with Crippen LogP contribution in [0.1, 0.15) is 21.5 Å². The number of nitrogens with zero attached hydrogens (tertiary/aromatic N) is 2. The molecule has 1 aliphatic heterocycles. The van der Waals surface area contributed by atoms with Crippen molar-refractivity contribution < 1.29 is 19.0 Å². The molecule has 1 amide bonds. The molecule has 160 valence electrons. The number of rotatable bonds is 8. The molecule has 0 aromatic heterocycles. The summed E-state index contributed by atoms with van der Waals surface area (Å²) in [6.07, 6.45) is 2.37. The van der Waals surface area contributed by atoms with Crippen LogP contribution >= 0.6 is 0 Å². The van der Waals surface area contributed by atoms with Crippen molar-refractivity contribution in [3.8, 4) is 11.5 Å². The molecule has 2 aromatic carbocycles. The summed E-state index contributed by atoms with van der Waals surface area (Å²) < 4.78 is 16.3. The Morgan fingerprint density at radius 2 is 1.87 bits per heavy atom. The van der Waals surface area contributed by atoms with Crippen LogP contribution in [0.4, 0.5) is 5.69 Å². The van der Waals surface area contributed by atoms with E-state index in [1.54, 1.807) is 31.3 Å². The highest BCUT2D eigenvalue weighted by Gasteiger charge is 2.19. The van der Waals surface area contributed by atoms with Crippen LogP contribution in [0.15, 0.2) is 49.1 Å². The van der Waals surface area contributed by atoms with Gasteiger partial charge in [-0.15, -0.1) is 6.58 Å². The zero-order valence-electron chi connectivity index (χ0n) is 18.0. The Labute approximate surface area is 178 Å². The lowest BCUT2D eigenvalue weighted by Crippen LogP contribution is -2.36. The summed E-state index contributed by atoms with van der Waals surface area (Å²) >= 11 is 0. The molecule has 0 N–H and O–H groups in total. The SMILES string of the molecule is C=CCc1cc(C(=O)N(C)Cc2ccc(N3CCOCC3)cc2)cc(OC)c1OC. The van der Waals surface area contributed by atoms with E-state index < -0.39 is 0 Å². The highest BCUT2D eigenvalue weighted by atomic mass is 16.5. The normalized spacial score (nSPS) is 13.6. The molecule has 0 spiro atoms. The minimum absolute atomic E-state index is 0.0708. The highest BCUT2D eigenvalue weighted by molar-refractivity contribution is 5.95. The van der Waals surface area contributed by atoms with Crippen molar-refractivity contribution in [3.63, 3.8) is 0 Å². The Morgan fingerprint density at radius 1 is 1.17 bits per heavy atom. The van der Waals surface area contributed by atoms with Gasteiger partial charge in [0.15, 0.2) is 11.5 Å². The first-order chi connectivity index (χ1) is 14.6. The average Bonchev–Trinajstić information content (AvgIpc) is 2.79. The molecule has 1 saturated heterocycles. The monoisotopic (exact) mass is 410 g/mol. The second-order valence-electron chi connectivity index (χ2n) is 7.29. The Balaban J connectivity index is 1.73. The van der Waals surface area contributed by atoms with Crippen molar-refractivity contribution in [1.29, 1.82) is 0 Å². The van der Waals surface area contributed by atoms with Crippen molar-refractivity contribution in [2.24, 2.45) is 0 Å². The summed E-state index contributed by atoms with van der Waals surface area (Å²) in [5, 5.41) is 0. The van der Waals surface area contributed by atoms with Crippen LogP contribution in [0.3, 0.4) is 0 Å². The number of hydrogen-bond donors (Lipinski definition) is 0. The maximum Gasteiger partial charge on any atom is 0.254 e. The molecule has 3 rings (SSSR count). The van der Waals surface area contributed by atoms with Crippen molar-refractivity contribution in [3.05, 3.63) is 65.7 Å². The van der Waals surface area contributed by atoms with Gasteiger partial charge in [0.25, 0.3) is 5.91 Å². The lowest BCUT2D eigenvalue weighted by Gasteiger charge is -2.29. The van der Waals surface area contributed by atoms with E-state index in [4.69, 9.17) is 14.2 Å². The van der Waals surface area contributed by atoms with Gasteiger partial charge in [-0.2, -0.15) is 0 Å². The first kappa shape index (κ1) is 21.7. The molecular formula is C24H30N2O4. The molecule has 0 atom stereocenters. The van der Waals surface area contributed by atoms with Gasteiger partial charge in [0.05, 0.1) is 27.4 Å². The van der Waals surface area contributed by atoms with Crippen molar-refractivity contribution >= 4 is 11.6 Å². The highest BCUT2D eigenvalue weighted by Crippen LogP contribution is 2.33. The number of benzene rings is 2. The summed E-state index contributed by atoms with van der Waals surface area (Å²) in [6, 6.07) is 11.9. The van der Waals surface area contributed by atoms with E-state index in [0.717, 1.165) is 37.4 Å². The van der Waals surface area contributed by atoms with Crippen LogP contribution in [-0.2, 0) is 17.7 Å². The van der Waals surface area contributed by atoms with E-state index in [-0.39, 0.29) is 5.91 Å². The number of morpholine rings is 1. The number of methoxy groups -OCH3 is 2. The number of anilines is 1. The third kappa shape index (κ3) is 4.94. The van der Waals surface area contributed by atoms with Gasteiger partial charge < -0.3 is 24.0 Å². The molecule has 0 bridgehead atoms. The second-order valence-corrected chi connectivity index (χ2v) is 7.29. The van der Waals surface area contributed by atoms with E-state index >= 15 is 0 Å². The molecule has 2 aromatic rings. The van der Waals surface area contributed by atoms with Crippen molar-refractivity contribution in [1.82, 2.24) is 4.90 Å². The molecular weight excluding hydrogens is 380 g/mol. The van der Waals surface area contributed by atoms with E-state index in [0.29, 0.717) is 30.0 Å². The van der Waals surface area contributed by atoms with E-state index in [1.807, 2.05) is 13.1 Å². The maximum absolute atomic E-state index is 13.1. The first-order valence-corrected chi connectivity index (χ1v) is 10.1. The number of carbonyl (C=O) groups is 1. The van der Waals surface area contributed by atoms with Crippen LogP contribution in [0.5, 0.6) is 11.5 Å². The topological polar surface area (TPSA) is 51.2 Å². The average molecular weight is 411 g/mol. The lowest BCUT2D eigenvalue weighted by molar-refractivity contribution is 0.0784. The minimum atomic E-state index is -0.0708. The first-order valence-electron chi connectivity index (χ1n) is 10.1. The van der Waals surface area contributed by atoms with Crippen LogP contribution in [0.2, 0.25) is 0 Å². The molecule has 6 heteroatoms. The van der Waals surface area contributed by atoms with E-state index in [9.17, 15) is 4.79 Å². The molecule has 1 aliphatic rings. The van der Waals surface area contributed by atoms with Gasteiger partial charge in [-0.25, -0.2) is 0 Å². The Morgan fingerprint density at radius 3 is 2.47 bits per heavy atom. The third-order valence-electron chi connectivity index (χ3n) is 5.25. The summed E-state index contributed by atoms with van der Waals surface area (Å²) in [4.78, 5) is 17.1. The zero-order valence-corrected chi connectivity index (χ0v) is 18.0. The minimum Gasteiger partial charge on any atom is -0.493 e. The van der Waals surface area contributed by atoms with Crippen LogP contribution in [-0.4, -0.2) is 58.4 Å². The predicted molar refractivity (Wildman–Crippen MR) is 119 cm³/mol. The number of hydrogen-bond acceptors (Lipinski definition) is 5. The maximum atomic E-state index is 13.1. The molecule has 0 unspecified atom stereocenters. The number of amides is 1. The summed E-state index contributed by atoms with van der Waals surface area (Å²) in [5.74, 6) is 1.11. The molecule has 1 heterocycles. The zero-order chi connectivity index (χ0) is 21.5. The second kappa shape index (κ2) is 10.2. The number of ether oxygens (including phenoxy) is 3. The molecule has 6 nitrogen and oxygen atoms in total. The number of allylic oxidation sites excluding steroid dienone is 1. The van der Waals surface area contributed by atoms with Crippen molar-refractivity contribution in [2.45, 2.75) is 13.0 Å². The van der Waals surface area contributed by atoms with Gasteiger partial charge >= 0.3 is 0 Å². The molecule has 0 saturated carbocycles. The van der Waals surface area contributed by atoms with Crippen LogP contribution in [0.25, 0.3) is 0 Å². The van der Waals surface area contributed by atoms with Crippen LogP contribution < -0.4 is 14.4 Å². The summed E-state index contributed by atoms with van der Waals surface area (Å²) in [5.41, 5.74) is 3.70. The molecule has 30 heavy (non-hydrogen) atoms. The van der Waals surface area contributed by atoms with Crippen molar-refractivity contribution in [2.75, 3.05) is 52.5 Å². The van der Waals surface area contributed by atoms with E-state index in [1.165, 1.54) is 5.69 Å². The quantitative estimate of drug-likeness (QED) is 0.623. The molecule has 0 radical (unpaired) electrons. The fraction of sp³-hybridized carbons (Fsp3) is 0.375. The summed E-state index contributed by atoms with van der Waals surface area (Å²) in [7, 11) is 4.98. The van der Waals surface area contributed by atoms with Gasteiger partial charge in [0.1, 0.15) is 0 Å². The molecule has 1 fully saturated rings. The standard InChI is InChI=1S/C24H30N2O4/c1-5-6-19-15-20(16-22(28-3)23(19)29-4)24(27)25(2)17-18-7-9-21(10-8-18)26-11-13-30-14-12-26/h5,7-10,15-16H,1,6,11-14,17H2,2-4H3. The Hall–Kier alpha value is -2.99. The largest absolute Gasteiger partial charge is 0.493 e. The third-order valence-corrected chi connectivity index (χ3v) is 5.25. The van der Waals surface area contributed by atoms with Gasteiger partial charge in [-0.05, 0) is 36.2 Å². The predicted octanol–water partition coefficient (Wildman–Crippen LogP) is 3.54. The Bertz CT molecular complexity index is 874. The fourth-order valence-electron chi connectivity index (χ4n) is 3.67. The van der Waals surface area contributed by atoms with E-state index in [2.05, 4.69) is 35.7 Å². The summed E-state index contributed by atoms with van der Waals surface area (Å²) in [6.45, 7) is 7.65. The van der Waals surface area contributed by atoms with Gasteiger partial charge in [0.2, 0.25) is 0 Å². The number of carbonyl (C=O) groups excluding carboxylic acids is 1. The molecule has 0 aliphatic carbocycles. The Kier molecular flexibility index (Phi) is 7.36.